The van der Waals surface area contributed by atoms with Gasteiger partial charge < -0.3 is 10.3 Å². The topological polar surface area (TPSA) is 65.2 Å². The second-order valence-corrected chi connectivity index (χ2v) is 7.80. The summed E-state index contributed by atoms with van der Waals surface area (Å²) in [5.74, 6) is -0.702. The summed E-state index contributed by atoms with van der Waals surface area (Å²) in [7, 11) is 0. The summed E-state index contributed by atoms with van der Waals surface area (Å²) in [5, 5.41) is 4.52. The molecule has 0 bridgehead atoms. The van der Waals surface area contributed by atoms with Crippen LogP contribution in [0.25, 0.3) is 10.9 Å². The Kier molecular flexibility index (Phi) is 3.52. The Bertz CT molecular complexity index is 1140. The number of benzene rings is 2. The fourth-order valence-electron chi connectivity index (χ4n) is 4.11. The average molecular weight is 422 g/mol. The van der Waals surface area contributed by atoms with Crippen LogP contribution in [-0.2, 0) is 9.59 Å². The number of hydrogen-bond donors (Lipinski definition) is 2. The van der Waals surface area contributed by atoms with E-state index < -0.39 is 0 Å². The predicted molar refractivity (Wildman–Crippen MR) is 107 cm³/mol. The molecule has 6 heteroatoms. The Morgan fingerprint density at radius 3 is 2.70 bits per heavy atom. The first kappa shape index (κ1) is 16.3. The first-order chi connectivity index (χ1) is 13.0. The third-order valence-corrected chi connectivity index (χ3v) is 5.85. The highest BCUT2D eigenvalue weighted by molar-refractivity contribution is 9.10. The van der Waals surface area contributed by atoms with Crippen LogP contribution >= 0.6 is 15.9 Å². The van der Waals surface area contributed by atoms with Gasteiger partial charge in [0, 0.05) is 45.8 Å². The standard InChI is InChI=1S/C21H16BrN3O2/c1-11(26)25-10-17-20(21(25)27)18(12-5-7-13(22)8-6-12)14-9-23-15-3-2-4-16(24-17)19(14)15/h2-9,18,23-24H,10H2,1H3. The minimum absolute atomic E-state index is 0.222. The maximum absolute atomic E-state index is 13.2. The number of aromatic amines is 1. The van der Waals surface area contributed by atoms with Crippen LogP contribution in [0.1, 0.15) is 24.0 Å². The smallest absolute Gasteiger partial charge is 0.259 e. The molecule has 0 fully saturated rings. The molecule has 2 aromatic carbocycles. The van der Waals surface area contributed by atoms with Crippen molar-refractivity contribution in [1.29, 1.82) is 0 Å². The minimum atomic E-state index is -0.241. The minimum Gasteiger partial charge on any atom is -0.361 e. The van der Waals surface area contributed by atoms with Gasteiger partial charge in [0.2, 0.25) is 5.91 Å². The van der Waals surface area contributed by atoms with Gasteiger partial charge in [-0.2, -0.15) is 0 Å². The molecule has 0 saturated carbocycles. The number of hydrogen-bond acceptors (Lipinski definition) is 3. The molecule has 3 aromatic rings. The zero-order valence-electron chi connectivity index (χ0n) is 14.5. The lowest BCUT2D eigenvalue weighted by molar-refractivity contribution is -0.139. The van der Waals surface area contributed by atoms with E-state index in [0.717, 1.165) is 37.9 Å². The van der Waals surface area contributed by atoms with Crippen molar-refractivity contribution in [3.63, 3.8) is 0 Å². The Morgan fingerprint density at radius 1 is 1.19 bits per heavy atom. The highest BCUT2D eigenvalue weighted by atomic mass is 79.9. The largest absolute Gasteiger partial charge is 0.361 e. The van der Waals surface area contributed by atoms with Gasteiger partial charge in [0.1, 0.15) is 0 Å². The zero-order chi connectivity index (χ0) is 18.7. The SMILES string of the molecule is CC(=O)N1CC2=C(C1=O)C(c1ccc(Br)cc1)c1c[nH]c3cccc(c13)N2. The number of imide groups is 1. The number of anilines is 1. The number of carbonyl (C=O) groups excluding carboxylic acids is 2. The molecule has 2 N–H and O–H groups in total. The van der Waals surface area contributed by atoms with Crippen molar-refractivity contribution < 1.29 is 9.59 Å². The monoisotopic (exact) mass is 421 g/mol. The normalized spacial score (nSPS) is 18.5. The van der Waals surface area contributed by atoms with Crippen molar-refractivity contribution in [2.75, 3.05) is 11.9 Å². The molecule has 0 spiro atoms. The first-order valence-corrected chi connectivity index (χ1v) is 9.52. The number of nitrogens with zero attached hydrogens (tertiary/aromatic N) is 1. The summed E-state index contributed by atoms with van der Waals surface area (Å²) in [5.41, 5.74) is 5.47. The van der Waals surface area contributed by atoms with Gasteiger partial charge in [-0.25, -0.2) is 0 Å². The molecular weight excluding hydrogens is 406 g/mol. The van der Waals surface area contributed by atoms with Gasteiger partial charge in [0.05, 0.1) is 12.1 Å². The molecular formula is C21H16BrN3O2. The fourth-order valence-corrected chi connectivity index (χ4v) is 4.38. The molecule has 2 aliphatic heterocycles. The van der Waals surface area contributed by atoms with E-state index in [0.29, 0.717) is 5.57 Å². The number of amides is 2. The fraction of sp³-hybridized carbons (Fsp3) is 0.143. The average Bonchev–Trinajstić information content (AvgIpc) is 3.16. The van der Waals surface area contributed by atoms with Gasteiger partial charge in [0.25, 0.3) is 5.91 Å². The second-order valence-electron chi connectivity index (χ2n) is 6.88. The van der Waals surface area contributed by atoms with E-state index in [4.69, 9.17) is 0 Å². The molecule has 2 amide bonds. The molecule has 27 heavy (non-hydrogen) atoms. The maximum Gasteiger partial charge on any atom is 0.259 e. The quantitative estimate of drug-likeness (QED) is 0.620. The van der Waals surface area contributed by atoms with E-state index in [9.17, 15) is 9.59 Å². The van der Waals surface area contributed by atoms with E-state index >= 15 is 0 Å². The first-order valence-electron chi connectivity index (χ1n) is 8.72. The third-order valence-electron chi connectivity index (χ3n) is 5.32. The molecule has 1 aromatic heterocycles. The van der Waals surface area contributed by atoms with Gasteiger partial charge in [-0.05, 0) is 35.4 Å². The van der Waals surface area contributed by atoms with Crippen molar-refractivity contribution >= 4 is 44.3 Å². The van der Waals surface area contributed by atoms with Crippen LogP contribution in [0.5, 0.6) is 0 Å². The molecule has 5 nitrogen and oxygen atoms in total. The third kappa shape index (κ3) is 2.36. The van der Waals surface area contributed by atoms with Crippen molar-refractivity contribution in [2.24, 2.45) is 0 Å². The molecule has 3 heterocycles. The molecule has 134 valence electrons. The van der Waals surface area contributed by atoms with E-state index in [-0.39, 0.29) is 24.3 Å². The van der Waals surface area contributed by atoms with E-state index in [1.54, 1.807) is 0 Å². The van der Waals surface area contributed by atoms with E-state index in [2.05, 4.69) is 26.2 Å². The Hall–Kier alpha value is -2.86. The van der Waals surface area contributed by atoms with Crippen molar-refractivity contribution in [2.45, 2.75) is 12.8 Å². The zero-order valence-corrected chi connectivity index (χ0v) is 16.1. The van der Waals surface area contributed by atoms with Gasteiger partial charge in [-0.1, -0.05) is 34.1 Å². The number of carbonyl (C=O) groups is 2. The van der Waals surface area contributed by atoms with E-state index in [1.165, 1.54) is 11.8 Å². The highest BCUT2D eigenvalue weighted by Crippen LogP contribution is 2.45. The summed E-state index contributed by atoms with van der Waals surface area (Å²) in [6.45, 7) is 1.71. The van der Waals surface area contributed by atoms with E-state index in [1.807, 2.05) is 48.7 Å². The lowest BCUT2D eigenvalue weighted by atomic mass is 9.84. The lowest BCUT2D eigenvalue weighted by Crippen LogP contribution is -2.33. The van der Waals surface area contributed by atoms with Gasteiger partial charge in [-0.3, -0.25) is 14.5 Å². The molecule has 0 saturated heterocycles. The van der Waals surface area contributed by atoms with Crippen LogP contribution in [0.4, 0.5) is 5.69 Å². The number of aromatic nitrogens is 1. The van der Waals surface area contributed by atoms with Crippen LogP contribution in [0.2, 0.25) is 0 Å². The van der Waals surface area contributed by atoms with Gasteiger partial charge in [0.15, 0.2) is 0 Å². The lowest BCUT2D eigenvalue weighted by Gasteiger charge is -2.19. The van der Waals surface area contributed by atoms with Gasteiger partial charge in [-0.15, -0.1) is 0 Å². The van der Waals surface area contributed by atoms with Crippen LogP contribution < -0.4 is 5.32 Å². The predicted octanol–water partition coefficient (Wildman–Crippen LogP) is 4.13. The summed E-state index contributed by atoms with van der Waals surface area (Å²) >= 11 is 3.48. The maximum atomic E-state index is 13.2. The summed E-state index contributed by atoms with van der Waals surface area (Å²) < 4.78 is 0.981. The van der Waals surface area contributed by atoms with Crippen molar-refractivity contribution in [1.82, 2.24) is 9.88 Å². The van der Waals surface area contributed by atoms with Gasteiger partial charge >= 0.3 is 0 Å². The molecule has 0 radical (unpaired) electrons. The summed E-state index contributed by atoms with van der Waals surface area (Å²) in [6, 6.07) is 14.0. The number of rotatable bonds is 1. The molecule has 2 aliphatic rings. The highest BCUT2D eigenvalue weighted by Gasteiger charge is 2.41. The van der Waals surface area contributed by atoms with Crippen LogP contribution in [-0.4, -0.2) is 28.2 Å². The molecule has 0 aliphatic carbocycles. The van der Waals surface area contributed by atoms with Crippen molar-refractivity contribution in [3.05, 3.63) is 75.5 Å². The molecule has 1 atom stereocenters. The van der Waals surface area contributed by atoms with Crippen LogP contribution in [0.3, 0.4) is 0 Å². The Balaban J connectivity index is 1.79. The molecule has 5 rings (SSSR count). The summed E-state index contributed by atoms with van der Waals surface area (Å²) in [6.07, 6.45) is 1.97. The Labute approximate surface area is 164 Å². The molecule has 1 unspecified atom stereocenters. The number of halogens is 1. The second kappa shape index (κ2) is 5.82. The van der Waals surface area contributed by atoms with Crippen LogP contribution in [0, 0.1) is 0 Å². The summed E-state index contributed by atoms with van der Waals surface area (Å²) in [4.78, 5) is 29.8. The number of H-pyrrole nitrogens is 1. The number of nitrogens with one attached hydrogen (secondary N) is 2. The Morgan fingerprint density at radius 2 is 1.96 bits per heavy atom. The van der Waals surface area contributed by atoms with Crippen molar-refractivity contribution in [3.8, 4) is 0 Å². The van der Waals surface area contributed by atoms with Crippen LogP contribution in [0.15, 0.2) is 64.4 Å².